The van der Waals surface area contributed by atoms with E-state index in [-0.39, 0.29) is 30.2 Å². The van der Waals surface area contributed by atoms with Crippen LogP contribution in [-0.4, -0.2) is 39.9 Å². The van der Waals surface area contributed by atoms with Crippen molar-refractivity contribution in [2.24, 2.45) is 5.92 Å². The van der Waals surface area contributed by atoms with Gasteiger partial charge in [0.25, 0.3) is 0 Å². The number of piperidine rings is 1. The number of rotatable bonds is 1. The number of aliphatic hydroxyl groups excluding tert-OH is 1. The van der Waals surface area contributed by atoms with Crippen molar-refractivity contribution < 1.29 is 14.6 Å². The van der Waals surface area contributed by atoms with E-state index < -0.39 is 5.60 Å². The molecule has 2 aliphatic rings. The molecule has 0 aromatic carbocycles. The highest BCUT2D eigenvalue weighted by Gasteiger charge is 2.42. The Kier molecular flexibility index (Phi) is 4.62. The van der Waals surface area contributed by atoms with E-state index in [0.717, 1.165) is 38.5 Å². The van der Waals surface area contributed by atoms with E-state index in [1.807, 2.05) is 25.7 Å². The molecule has 20 heavy (non-hydrogen) atoms. The van der Waals surface area contributed by atoms with Gasteiger partial charge in [-0.1, -0.05) is 6.42 Å². The molecule has 2 fully saturated rings. The summed E-state index contributed by atoms with van der Waals surface area (Å²) in [5.74, 6) is 0.227. The van der Waals surface area contributed by atoms with Crippen molar-refractivity contribution in [3.63, 3.8) is 0 Å². The molecule has 0 spiro atoms. The van der Waals surface area contributed by atoms with Gasteiger partial charge in [0.15, 0.2) is 0 Å². The van der Waals surface area contributed by atoms with Gasteiger partial charge in [-0.25, -0.2) is 4.79 Å². The minimum Gasteiger partial charge on any atom is -0.444 e. The molecule has 0 bridgehead atoms. The third kappa shape index (κ3) is 3.46. The standard InChI is InChI=1S/C16H29NO3/c1-11-7-5-9-13(12-8-6-10-14(12)18)17(11)15(19)20-16(2,3)4/h11-14,18H,5-10H2,1-4H3. The first-order valence-electron chi connectivity index (χ1n) is 7.99. The van der Waals surface area contributed by atoms with Crippen LogP contribution in [0.5, 0.6) is 0 Å². The highest BCUT2D eigenvalue weighted by atomic mass is 16.6. The molecule has 116 valence electrons. The molecule has 1 amide bonds. The number of likely N-dealkylation sites (tertiary alicyclic amines) is 1. The van der Waals surface area contributed by atoms with Crippen LogP contribution in [0.25, 0.3) is 0 Å². The summed E-state index contributed by atoms with van der Waals surface area (Å²) < 4.78 is 5.58. The van der Waals surface area contributed by atoms with Gasteiger partial charge in [-0.3, -0.25) is 0 Å². The Bertz CT molecular complexity index is 350. The van der Waals surface area contributed by atoms with Crippen molar-refractivity contribution >= 4 is 6.09 Å². The largest absolute Gasteiger partial charge is 0.444 e. The molecule has 4 nitrogen and oxygen atoms in total. The van der Waals surface area contributed by atoms with Crippen molar-refractivity contribution in [2.45, 2.75) is 90.0 Å². The molecule has 2 rings (SSSR count). The summed E-state index contributed by atoms with van der Waals surface area (Å²) in [5, 5.41) is 10.2. The average molecular weight is 283 g/mol. The lowest BCUT2D eigenvalue weighted by Crippen LogP contribution is -2.54. The normalized spacial score (nSPS) is 35.1. The van der Waals surface area contributed by atoms with E-state index >= 15 is 0 Å². The fourth-order valence-corrected chi connectivity index (χ4v) is 3.70. The van der Waals surface area contributed by atoms with E-state index in [1.165, 1.54) is 0 Å². The van der Waals surface area contributed by atoms with Crippen LogP contribution in [-0.2, 0) is 4.74 Å². The number of ether oxygens (including phenoxy) is 1. The molecule has 1 aliphatic heterocycles. The lowest BCUT2D eigenvalue weighted by Gasteiger charge is -2.44. The Morgan fingerprint density at radius 2 is 1.80 bits per heavy atom. The summed E-state index contributed by atoms with van der Waals surface area (Å²) in [5.41, 5.74) is -0.465. The summed E-state index contributed by atoms with van der Waals surface area (Å²) in [6.45, 7) is 7.80. The highest BCUT2D eigenvalue weighted by molar-refractivity contribution is 5.69. The summed E-state index contributed by atoms with van der Waals surface area (Å²) >= 11 is 0. The Hall–Kier alpha value is -0.770. The molecule has 0 aromatic rings. The van der Waals surface area contributed by atoms with Crippen LogP contribution in [0.4, 0.5) is 4.79 Å². The van der Waals surface area contributed by atoms with E-state index in [0.29, 0.717) is 0 Å². The summed E-state index contributed by atoms with van der Waals surface area (Å²) in [6.07, 6.45) is 5.65. The lowest BCUT2D eigenvalue weighted by atomic mass is 9.85. The summed E-state index contributed by atoms with van der Waals surface area (Å²) in [6, 6.07) is 0.350. The maximum Gasteiger partial charge on any atom is 0.410 e. The number of amides is 1. The second-order valence-electron chi connectivity index (χ2n) is 7.40. The molecule has 1 saturated carbocycles. The quantitative estimate of drug-likeness (QED) is 0.803. The van der Waals surface area contributed by atoms with Gasteiger partial charge in [0.2, 0.25) is 0 Å². The first-order chi connectivity index (χ1) is 9.29. The third-order valence-corrected chi connectivity index (χ3v) is 4.58. The zero-order chi connectivity index (χ0) is 14.9. The van der Waals surface area contributed by atoms with Crippen molar-refractivity contribution in [3.8, 4) is 0 Å². The number of carbonyl (C=O) groups excluding carboxylic acids is 1. The fraction of sp³-hybridized carbons (Fsp3) is 0.938. The van der Waals surface area contributed by atoms with Crippen LogP contribution in [0.15, 0.2) is 0 Å². The van der Waals surface area contributed by atoms with E-state index in [1.54, 1.807) is 0 Å². The lowest BCUT2D eigenvalue weighted by molar-refractivity contribution is -0.0252. The number of hydrogen-bond acceptors (Lipinski definition) is 3. The van der Waals surface area contributed by atoms with Crippen LogP contribution in [0.2, 0.25) is 0 Å². The smallest absolute Gasteiger partial charge is 0.410 e. The van der Waals surface area contributed by atoms with Crippen LogP contribution in [0.1, 0.15) is 66.2 Å². The Morgan fingerprint density at radius 3 is 2.35 bits per heavy atom. The van der Waals surface area contributed by atoms with Gasteiger partial charge >= 0.3 is 6.09 Å². The molecule has 4 unspecified atom stereocenters. The van der Waals surface area contributed by atoms with Crippen molar-refractivity contribution in [2.75, 3.05) is 0 Å². The molecule has 4 atom stereocenters. The molecule has 1 aliphatic carbocycles. The van der Waals surface area contributed by atoms with Gasteiger partial charge in [0, 0.05) is 18.0 Å². The summed E-state index contributed by atoms with van der Waals surface area (Å²) in [7, 11) is 0. The Balaban J connectivity index is 2.13. The van der Waals surface area contributed by atoms with Crippen LogP contribution < -0.4 is 0 Å². The predicted molar refractivity (Wildman–Crippen MR) is 78.5 cm³/mol. The van der Waals surface area contributed by atoms with Gasteiger partial charge in [0.05, 0.1) is 6.10 Å². The first kappa shape index (κ1) is 15.6. The molecule has 1 heterocycles. The van der Waals surface area contributed by atoms with Crippen LogP contribution in [0, 0.1) is 5.92 Å². The topological polar surface area (TPSA) is 49.8 Å². The molecule has 4 heteroatoms. The zero-order valence-electron chi connectivity index (χ0n) is 13.3. The predicted octanol–water partition coefficient (Wildman–Crippen LogP) is 3.33. The van der Waals surface area contributed by atoms with Crippen molar-refractivity contribution in [3.05, 3.63) is 0 Å². The molecular weight excluding hydrogens is 254 g/mol. The van der Waals surface area contributed by atoms with Gasteiger partial charge in [-0.05, 0) is 59.8 Å². The third-order valence-electron chi connectivity index (χ3n) is 4.58. The number of aliphatic hydroxyl groups is 1. The fourth-order valence-electron chi connectivity index (χ4n) is 3.70. The van der Waals surface area contributed by atoms with Gasteiger partial charge in [-0.2, -0.15) is 0 Å². The molecule has 0 aromatic heterocycles. The van der Waals surface area contributed by atoms with Gasteiger partial charge in [-0.15, -0.1) is 0 Å². The van der Waals surface area contributed by atoms with Crippen LogP contribution >= 0.6 is 0 Å². The number of hydrogen-bond donors (Lipinski definition) is 1. The SMILES string of the molecule is CC1CCCC(C2CCCC2O)N1C(=O)OC(C)(C)C. The maximum atomic E-state index is 12.5. The second-order valence-corrected chi connectivity index (χ2v) is 7.40. The first-order valence-corrected chi connectivity index (χ1v) is 7.99. The van der Waals surface area contributed by atoms with E-state index in [2.05, 4.69) is 6.92 Å². The van der Waals surface area contributed by atoms with E-state index in [9.17, 15) is 9.90 Å². The molecule has 1 N–H and O–H groups in total. The Morgan fingerprint density at radius 1 is 1.15 bits per heavy atom. The minimum atomic E-state index is -0.465. The van der Waals surface area contributed by atoms with Gasteiger partial charge in [0.1, 0.15) is 5.60 Å². The number of carbonyl (C=O) groups is 1. The summed E-state index contributed by atoms with van der Waals surface area (Å²) in [4.78, 5) is 14.4. The van der Waals surface area contributed by atoms with Crippen molar-refractivity contribution in [1.29, 1.82) is 0 Å². The van der Waals surface area contributed by atoms with E-state index in [4.69, 9.17) is 4.74 Å². The second kappa shape index (κ2) is 5.92. The molecular formula is C16H29NO3. The monoisotopic (exact) mass is 283 g/mol. The zero-order valence-corrected chi connectivity index (χ0v) is 13.3. The molecule has 0 radical (unpaired) electrons. The Labute approximate surface area is 122 Å². The minimum absolute atomic E-state index is 0.145. The van der Waals surface area contributed by atoms with Crippen LogP contribution in [0.3, 0.4) is 0 Å². The number of nitrogens with zero attached hydrogens (tertiary/aromatic N) is 1. The average Bonchev–Trinajstić information content (AvgIpc) is 2.72. The molecule has 1 saturated heterocycles. The van der Waals surface area contributed by atoms with Crippen molar-refractivity contribution in [1.82, 2.24) is 4.90 Å². The van der Waals surface area contributed by atoms with Gasteiger partial charge < -0.3 is 14.7 Å². The highest BCUT2D eigenvalue weighted by Crippen LogP contribution is 2.37. The maximum absolute atomic E-state index is 12.5.